The Morgan fingerprint density at radius 1 is 1.09 bits per heavy atom. The number of aliphatic hydroxyl groups excluding tert-OH is 1. The van der Waals surface area contributed by atoms with E-state index >= 15 is 0 Å². The summed E-state index contributed by atoms with van der Waals surface area (Å²) in [6, 6.07) is 4.80. The van der Waals surface area contributed by atoms with Crippen LogP contribution in [-0.4, -0.2) is 42.0 Å². The van der Waals surface area contributed by atoms with Crippen molar-refractivity contribution in [3.8, 4) is 0 Å². The van der Waals surface area contributed by atoms with Crippen LogP contribution in [0.4, 0.5) is 18.9 Å². The van der Waals surface area contributed by atoms with Gasteiger partial charge in [0.1, 0.15) is 0 Å². The molecule has 0 saturated heterocycles. The summed E-state index contributed by atoms with van der Waals surface area (Å²) in [5.74, 6) is -6.26. The third-order valence-corrected chi connectivity index (χ3v) is 9.39. The fourth-order valence-corrected chi connectivity index (χ4v) is 7.96. The van der Waals surface area contributed by atoms with Gasteiger partial charge in [-0.3, -0.25) is 4.79 Å². The van der Waals surface area contributed by atoms with Crippen LogP contribution in [-0.2, 0) is 9.84 Å². The third-order valence-electron chi connectivity index (χ3n) is 6.52. The van der Waals surface area contributed by atoms with E-state index in [1.807, 2.05) is 0 Å². The van der Waals surface area contributed by atoms with Gasteiger partial charge < -0.3 is 15.5 Å². The first-order chi connectivity index (χ1) is 15.4. The molecule has 0 radical (unpaired) electrons. The topological polar surface area (TPSA) is 104 Å². The van der Waals surface area contributed by atoms with E-state index in [1.54, 1.807) is 0 Å². The highest BCUT2D eigenvalue weighted by molar-refractivity contribution is 7.92. The number of hydrogen-bond donors (Lipinski definition) is 3. The lowest BCUT2D eigenvalue weighted by molar-refractivity contribution is -0.0597. The van der Waals surface area contributed by atoms with Crippen LogP contribution >= 0.6 is 11.6 Å². The van der Waals surface area contributed by atoms with Gasteiger partial charge in [-0.1, -0.05) is 11.6 Å². The first-order valence-electron chi connectivity index (χ1n) is 10.3. The zero-order valence-electron chi connectivity index (χ0n) is 17.2. The molecule has 4 atom stereocenters. The van der Waals surface area contributed by atoms with Crippen LogP contribution in [0.15, 0.2) is 35.2 Å². The third kappa shape index (κ3) is 4.37. The van der Waals surface area contributed by atoms with E-state index in [0.717, 1.165) is 6.07 Å². The lowest BCUT2D eigenvalue weighted by atomic mass is 9.77. The Morgan fingerprint density at radius 2 is 1.67 bits per heavy atom. The van der Waals surface area contributed by atoms with Gasteiger partial charge in [-0.25, -0.2) is 21.6 Å². The standard InChI is InChI=1S/C22H21ClF3NO5S/c23-15-4-3-11(21(29)27-14-6-16(24)19(26)17(25)7-14)5-18(15)33(31,32)20-12-1-2-13(20)9-22(30,8-12)10-28/h3-7,12-13,20,28,30H,1-2,8-10H2,(H,27,29)/t12-,13?,20?,22?/m0/s1. The Balaban J connectivity index is 1.63. The Hall–Kier alpha value is -2.14. The van der Waals surface area contributed by atoms with Crippen LogP contribution in [0.1, 0.15) is 36.0 Å². The normalized spacial score (nSPS) is 26.9. The largest absolute Gasteiger partial charge is 0.393 e. The first-order valence-corrected chi connectivity index (χ1v) is 12.2. The molecule has 0 aromatic heterocycles. The Kier molecular flexibility index (Phi) is 6.24. The van der Waals surface area contributed by atoms with E-state index in [1.165, 1.54) is 12.1 Å². The summed E-state index contributed by atoms with van der Waals surface area (Å²) in [5.41, 5.74) is -1.79. The molecule has 0 aliphatic heterocycles. The minimum atomic E-state index is -4.01. The van der Waals surface area contributed by atoms with Crippen molar-refractivity contribution in [2.75, 3.05) is 11.9 Å². The molecule has 4 rings (SSSR count). The number of aliphatic hydroxyl groups is 2. The van der Waals surface area contributed by atoms with Crippen LogP contribution in [0.5, 0.6) is 0 Å². The summed E-state index contributed by atoms with van der Waals surface area (Å²) in [7, 11) is -4.01. The van der Waals surface area contributed by atoms with E-state index in [-0.39, 0.29) is 45.8 Å². The molecule has 2 saturated carbocycles. The van der Waals surface area contributed by atoms with Gasteiger partial charge in [0.15, 0.2) is 27.3 Å². The van der Waals surface area contributed by atoms with E-state index in [2.05, 4.69) is 5.32 Å². The van der Waals surface area contributed by atoms with Crippen LogP contribution < -0.4 is 5.32 Å². The van der Waals surface area contributed by atoms with E-state index in [9.17, 15) is 36.6 Å². The van der Waals surface area contributed by atoms with Crippen LogP contribution in [0.25, 0.3) is 0 Å². The van der Waals surface area contributed by atoms with E-state index in [4.69, 9.17) is 11.6 Å². The minimum Gasteiger partial charge on any atom is -0.393 e. The Bertz CT molecular complexity index is 1190. The van der Waals surface area contributed by atoms with Crippen molar-refractivity contribution in [3.05, 3.63) is 58.4 Å². The van der Waals surface area contributed by atoms with Crippen LogP contribution in [0.2, 0.25) is 5.02 Å². The molecule has 2 fully saturated rings. The molecule has 0 spiro atoms. The molecule has 2 aromatic carbocycles. The number of halogens is 4. The van der Waals surface area contributed by atoms with Crippen molar-refractivity contribution in [3.63, 3.8) is 0 Å². The molecular formula is C22H21ClF3NO5S. The van der Waals surface area contributed by atoms with Gasteiger partial charge in [0.25, 0.3) is 5.91 Å². The number of anilines is 1. The zero-order valence-corrected chi connectivity index (χ0v) is 18.8. The van der Waals surface area contributed by atoms with Crippen molar-refractivity contribution in [2.45, 2.75) is 41.4 Å². The van der Waals surface area contributed by atoms with Gasteiger partial charge in [0, 0.05) is 23.4 Å². The molecular weight excluding hydrogens is 483 g/mol. The predicted molar refractivity (Wildman–Crippen MR) is 114 cm³/mol. The van der Waals surface area contributed by atoms with Gasteiger partial charge in [-0.2, -0.15) is 0 Å². The number of benzene rings is 2. The summed E-state index contributed by atoms with van der Waals surface area (Å²) < 4.78 is 67.1. The molecule has 178 valence electrons. The molecule has 2 aliphatic carbocycles. The molecule has 1 amide bonds. The molecule has 3 N–H and O–H groups in total. The highest BCUT2D eigenvalue weighted by Crippen LogP contribution is 2.51. The Morgan fingerprint density at radius 3 is 2.21 bits per heavy atom. The SMILES string of the molecule is O=C(Nc1cc(F)c(F)c(F)c1)c1ccc(Cl)c(S(=O)(=O)C2C3CC[C@H]2CC(O)(CO)C3)c1. The zero-order chi connectivity index (χ0) is 24.1. The Labute approximate surface area is 193 Å². The number of carbonyl (C=O) groups excluding carboxylic acids is 1. The number of nitrogens with one attached hydrogen (secondary N) is 1. The summed E-state index contributed by atoms with van der Waals surface area (Å²) in [6.07, 6.45) is 1.44. The van der Waals surface area contributed by atoms with Crippen LogP contribution in [0, 0.1) is 29.3 Å². The second kappa shape index (κ2) is 8.57. The summed E-state index contributed by atoms with van der Waals surface area (Å²) in [6.45, 7) is -0.451. The van der Waals surface area contributed by atoms with Crippen LogP contribution in [0.3, 0.4) is 0 Å². The van der Waals surface area contributed by atoms with Gasteiger partial charge in [0.2, 0.25) is 0 Å². The summed E-state index contributed by atoms with van der Waals surface area (Å²) in [4.78, 5) is 12.3. The van der Waals surface area contributed by atoms with Gasteiger partial charge in [0.05, 0.1) is 27.4 Å². The second-order valence-corrected chi connectivity index (χ2v) is 11.2. The van der Waals surface area contributed by atoms with Crippen molar-refractivity contribution < 1.29 is 36.6 Å². The van der Waals surface area contributed by atoms with Crippen molar-refractivity contribution in [1.82, 2.24) is 0 Å². The molecule has 3 unspecified atom stereocenters. The predicted octanol–water partition coefficient (Wildman–Crippen LogP) is 3.70. The number of fused-ring (bicyclic) bond motifs is 2. The number of sulfone groups is 1. The van der Waals surface area contributed by atoms with Crippen molar-refractivity contribution in [2.24, 2.45) is 11.8 Å². The molecule has 2 bridgehead atoms. The fraction of sp³-hybridized carbons (Fsp3) is 0.409. The van der Waals surface area contributed by atoms with Crippen molar-refractivity contribution >= 4 is 33.0 Å². The maximum Gasteiger partial charge on any atom is 0.255 e. The lowest BCUT2D eigenvalue weighted by Gasteiger charge is -2.39. The molecule has 2 aromatic rings. The first kappa shape index (κ1) is 24.0. The minimum absolute atomic E-state index is 0.0900. The van der Waals surface area contributed by atoms with Crippen molar-refractivity contribution in [1.29, 1.82) is 0 Å². The molecule has 33 heavy (non-hydrogen) atoms. The number of rotatable bonds is 5. The average molecular weight is 504 g/mol. The maximum atomic E-state index is 13.5. The van der Waals surface area contributed by atoms with Gasteiger partial charge in [-0.15, -0.1) is 0 Å². The second-order valence-electron chi connectivity index (χ2n) is 8.75. The fourth-order valence-electron chi connectivity index (χ4n) is 5.11. The number of carbonyl (C=O) groups is 1. The highest BCUT2D eigenvalue weighted by atomic mass is 35.5. The summed E-state index contributed by atoms with van der Waals surface area (Å²) in [5, 5.41) is 21.3. The van der Waals surface area contributed by atoms with E-state index < -0.39 is 50.7 Å². The average Bonchev–Trinajstić information content (AvgIpc) is 3.05. The van der Waals surface area contributed by atoms with Gasteiger partial charge >= 0.3 is 0 Å². The van der Waals surface area contributed by atoms with Gasteiger partial charge in [-0.05, 0) is 55.7 Å². The lowest BCUT2D eigenvalue weighted by Crippen LogP contribution is -2.48. The monoisotopic (exact) mass is 503 g/mol. The molecule has 6 nitrogen and oxygen atoms in total. The molecule has 11 heteroatoms. The smallest absolute Gasteiger partial charge is 0.255 e. The summed E-state index contributed by atoms with van der Waals surface area (Å²) >= 11 is 6.18. The highest BCUT2D eigenvalue weighted by Gasteiger charge is 2.54. The quantitative estimate of drug-likeness (QED) is 0.540. The maximum absolute atomic E-state index is 13.5. The van der Waals surface area contributed by atoms with E-state index in [0.29, 0.717) is 25.0 Å². The molecule has 0 heterocycles. The molecule has 2 aliphatic rings. The number of amides is 1. The number of hydrogen-bond acceptors (Lipinski definition) is 5.